The van der Waals surface area contributed by atoms with Crippen LogP contribution in [-0.4, -0.2) is 5.71 Å². The van der Waals surface area contributed by atoms with Crippen molar-refractivity contribution in [2.75, 3.05) is 0 Å². The molecule has 0 bridgehead atoms. The summed E-state index contributed by atoms with van der Waals surface area (Å²) in [6, 6.07) is 25.4. The fourth-order valence-electron chi connectivity index (χ4n) is 3.28. The SMILES string of the molecule is CC(C)c1cccc(C(C)C)c1N=C(c1ccccc1)c1cccc(Br)c1. The molecule has 0 atom stereocenters. The molecule has 138 valence electrons. The molecule has 0 aromatic heterocycles. The van der Waals surface area contributed by atoms with Crippen LogP contribution >= 0.6 is 15.9 Å². The quantitative estimate of drug-likeness (QED) is 0.373. The molecule has 0 N–H and O–H groups in total. The molecule has 0 aliphatic carbocycles. The largest absolute Gasteiger partial charge is 0.247 e. The van der Waals surface area contributed by atoms with Crippen molar-refractivity contribution in [3.8, 4) is 0 Å². The van der Waals surface area contributed by atoms with Gasteiger partial charge in [-0.1, -0.05) is 104 Å². The number of rotatable bonds is 5. The molecule has 0 saturated carbocycles. The third kappa shape index (κ3) is 4.56. The van der Waals surface area contributed by atoms with Gasteiger partial charge in [0.25, 0.3) is 0 Å². The molecule has 0 aliphatic heterocycles. The van der Waals surface area contributed by atoms with Crippen LogP contribution in [0.5, 0.6) is 0 Å². The Bertz CT molecular complexity index is 913. The zero-order valence-electron chi connectivity index (χ0n) is 16.4. The maximum Gasteiger partial charge on any atom is 0.0782 e. The third-order valence-corrected chi connectivity index (χ3v) is 5.20. The minimum absolute atomic E-state index is 0.419. The van der Waals surface area contributed by atoms with Crippen molar-refractivity contribution >= 4 is 27.3 Å². The first-order valence-corrected chi connectivity index (χ1v) is 10.3. The molecule has 3 rings (SSSR count). The van der Waals surface area contributed by atoms with Crippen molar-refractivity contribution < 1.29 is 0 Å². The lowest BCUT2D eigenvalue weighted by Crippen LogP contribution is -2.05. The summed E-state index contributed by atoms with van der Waals surface area (Å²) in [5.41, 5.74) is 6.95. The van der Waals surface area contributed by atoms with Gasteiger partial charge in [0.15, 0.2) is 0 Å². The zero-order chi connectivity index (χ0) is 19.4. The highest BCUT2D eigenvalue weighted by atomic mass is 79.9. The molecule has 0 radical (unpaired) electrons. The van der Waals surface area contributed by atoms with E-state index < -0.39 is 0 Å². The topological polar surface area (TPSA) is 12.4 Å². The van der Waals surface area contributed by atoms with E-state index in [9.17, 15) is 0 Å². The predicted octanol–water partition coefficient (Wildman–Crippen LogP) is 7.87. The molecule has 0 heterocycles. The van der Waals surface area contributed by atoms with E-state index in [4.69, 9.17) is 4.99 Å². The van der Waals surface area contributed by atoms with Crippen LogP contribution in [0, 0.1) is 0 Å². The van der Waals surface area contributed by atoms with Gasteiger partial charge >= 0.3 is 0 Å². The van der Waals surface area contributed by atoms with Gasteiger partial charge in [-0.2, -0.15) is 0 Å². The molecule has 27 heavy (non-hydrogen) atoms. The number of nitrogens with zero attached hydrogens (tertiary/aromatic N) is 1. The Morgan fingerprint density at radius 1 is 0.704 bits per heavy atom. The summed E-state index contributed by atoms with van der Waals surface area (Å²) in [4.78, 5) is 5.28. The summed E-state index contributed by atoms with van der Waals surface area (Å²) in [7, 11) is 0. The van der Waals surface area contributed by atoms with E-state index in [0.29, 0.717) is 11.8 Å². The van der Waals surface area contributed by atoms with Crippen LogP contribution in [0.2, 0.25) is 0 Å². The smallest absolute Gasteiger partial charge is 0.0782 e. The van der Waals surface area contributed by atoms with E-state index in [1.54, 1.807) is 0 Å². The van der Waals surface area contributed by atoms with E-state index in [-0.39, 0.29) is 0 Å². The van der Waals surface area contributed by atoms with Gasteiger partial charge < -0.3 is 0 Å². The van der Waals surface area contributed by atoms with Crippen molar-refractivity contribution in [3.05, 3.63) is 99.5 Å². The van der Waals surface area contributed by atoms with E-state index in [1.807, 2.05) is 12.1 Å². The molecular formula is C25H26BrN. The van der Waals surface area contributed by atoms with Crippen LogP contribution in [0.4, 0.5) is 5.69 Å². The minimum atomic E-state index is 0.419. The van der Waals surface area contributed by atoms with E-state index in [0.717, 1.165) is 27.0 Å². The minimum Gasteiger partial charge on any atom is -0.247 e. The van der Waals surface area contributed by atoms with Gasteiger partial charge in [0.1, 0.15) is 0 Å². The second-order valence-corrected chi connectivity index (χ2v) is 8.35. The first-order chi connectivity index (χ1) is 13.0. The number of hydrogen-bond donors (Lipinski definition) is 0. The monoisotopic (exact) mass is 419 g/mol. The molecule has 2 heteroatoms. The van der Waals surface area contributed by atoms with Gasteiger partial charge in [-0.3, -0.25) is 0 Å². The first kappa shape index (κ1) is 19.6. The third-order valence-electron chi connectivity index (χ3n) is 4.71. The summed E-state index contributed by atoms with van der Waals surface area (Å²) in [6.45, 7) is 8.94. The van der Waals surface area contributed by atoms with Gasteiger partial charge in [0.05, 0.1) is 11.4 Å². The average Bonchev–Trinajstić information content (AvgIpc) is 2.66. The van der Waals surface area contributed by atoms with E-state index in [2.05, 4.69) is 104 Å². The van der Waals surface area contributed by atoms with Gasteiger partial charge in [-0.05, 0) is 35.1 Å². The molecular weight excluding hydrogens is 394 g/mol. The van der Waals surface area contributed by atoms with Crippen molar-refractivity contribution in [1.29, 1.82) is 0 Å². The highest BCUT2D eigenvalue weighted by molar-refractivity contribution is 9.10. The Labute approximate surface area is 171 Å². The summed E-state index contributed by atoms with van der Waals surface area (Å²) >= 11 is 3.61. The second-order valence-electron chi connectivity index (χ2n) is 7.43. The Kier molecular flexibility index (Phi) is 6.28. The summed E-state index contributed by atoms with van der Waals surface area (Å²) in [6.07, 6.45) is 0. The van der Waals surface area contributed by atoms with Crippen LogP contribution in [0.3, 0.4) is 0 Å². The molecule has 1 nitrogen and oxygen atoms in total. The number of para-hydroxylation sites is 1. The lowest BCUT2D eigenvalue weighted by atomic mass is 9.92. The molecule has 0 fully saturated rings. The maximum atomic E-state index is 5.28. The molecule has 3 aromatic carbocycles. The molecule has 3 aromatic rings. The zero-order valence-corrected chi connectivity index (χ0v) is 18.0. The van der Waals surface area contributed by atoms with Gasteiger partial charge in [0.2, 0.25) is 0 Å². The Morgan fingerprint density at radius 3 is 1.81 bits per heavy atom. The highest BCUT2D eigenvalue weighted by Gasteiger charge is 2.16. The van der Waals surface area contributed by atoms with Gasteiger partial charge in [0, 0.05) is 15.6 Å². The van der Waals surface area contributed by atoms with Crippen LogP contribution in [0.15, 0.2) is 82.3 Å². The molecule has 0 amide bonds. The average molecular weight is 420 g/mol. The van der Waals surface area contributed by atoms with Crippen LogP contribution in [0.1, 0.15) is 61.8 Å². The van der Waals surface area contributed by atoms with Crippen molar-refractivity contribution in [3.63, 3.8) is 0 Å². The maximum absolute atomic E-state index is 5.28. The number of aliphatic imine (C=N–C) groups is 1. The fourth-order valence-corrected chi connectivity index (χ4v) is 3.68. The summed E-state index contributed by atoms with van der Waals surface area (Å²) in [5, 5.41) is 0. The lowest BCUT2D eigenvalue weighted by Gasteiger charge is -2.18. The van der Waals surface area contributed by atoms with Crippen molar-refractivity contribution in [1.82, 2.24) is 0 Å². The normalized spacial score (nSPS) is 12.0. The van der Waals surface area contributed by atoms with Crippen molar-refractivity contribution in [2.45, 2.75) is 39.5 Å². The molecule has 0 spiro atoms. The van der Waals surface area contributed by atoms with E-state index in [1.165, 1.54) is 11.1 Å². The van der Waals surface area contributed by atoms with Gasteiger partial charge in [-0.15, -0.1) is 0 Å². The van der Waals surface area contributed by atoms with Crippen molar-refractivity contribution in [2.24, 2.45) is 4.99 Å². The van der Waals surface area contributed by atoms with Crippen LogP contribution in [0.25, 0.3) is 0 Å². The second kappa shape index (κ2) is 8.67. The van der Waals surface area contributed by atoms with Crippen LogP contribution < -0.4 is 0 Å². The standard InChI is InChI=1S/C25H26BrN/c1-17(2)22-14-9-15-23(18(3)4)25(22)27-24(19-10-6-5-7-11-19)20-12-8-13-21(26)16-20/h5-18H,1-4H3. The van der Waals surface area contributed by atoms with Gasteiger partial charge in [-0.25, -0.2) is 4.99 Å². The first-order valence-electron chi connectivity index (χ1n) is 9.50. The molecule has 0 aliphatic rings. The predicted molar refractivity (Wildman–Crippen MR) is 121 cm³/mol. The lowest BCUT2D eigenvalue weighted by molar-refractivity contribution is 0.834. The number of halogens is 1. The Balaban J connectivity index is 2.29. The summed E-state index contributed by atoms with van der Waals surface area (Å²) < 4.78 is 1.06. The summed E-state index contributed by atoms with van der Waals surface area (Å²) in [5.74, 6) is 0.837. The molecule has 0 unspecified atom stereocenters. The fraction of sp³-hybridized carbons (Fsp3) is 0.240. The molecule has 0 saturated heterocycles. The Hall–Kier alpha value is -2.19. The van der Waals surface area contributed by atoms with Crippen LogP contribution in [-0.2, 0) is 0 Å². The number of hydrogen-bond acceptors (Lipinski definition) is 1. The highest BCUT2D eigenvalue weighted by Crippen LogP contribution is 2.36. The Morgan fingerprint density at radius 2 is 1.26 bits per heavy atom. The number of benzene rings is 3. The van der Waals surface area contributed by atoms with E-state index >= 15 is 0 Å².